The Kier molecular flexibility index (Phi) is 4.85. The Morgan fingerprint density at radius 3 is 2.41 bits per heavy atom. The third-order valence-electron chi connectivity index (χ3n) is 3.25. The highest BCUT2D eigenvalue weighted by Crippen LogP contribution is 2.29. The van der Waals surface area contributed by atoms with Crippen LogP contribution in [0.15, 0.2) is 42.5 Å². The maximum absolute atomic E-state index is 10.7. The third kappa shape index (κ3) is 3.66. The van der Waals surface area contributed by atoms with Crippen LogP contribution >= 0.6 is 11.6 Å². The molecule has 0 heterocycles. The van der Waals surface area contributed by atoms with Gasteiger partial charge in [0, 0.05) is 12.1 Å². The van der Waals surface area contributed by atoms with Crippen molar-refractivity contribution in [3.05, 3.63) is 63.2 Å². The minimum atomic E-state index is -0.827. The molecule has 116 valence electrons. The van der Waals surface area contributed by atoms with Crippen LogP contribution in [0, 0.1) is 10.1 Å². The van der Waals surface area contributed by atoms with E-state index < -0.39 is 11.0 Å². The number of anilines is 1. The minimum absolute atomic E-state index is 0.0951. The quantitative estimate of drug-likeness (QED) is 0.578. The molecule has 2 aromatic rings. The predicted molar refractivity (Wildman–Crippen MR) is 84.3 cm³/mol. The van der Waals surface area contributed by atoms with E-state index in [1.807, 2.05) is 0 Å². The molecular formula is C15H15ClN2O4. The van der Waals surface area contributed by atoms with E-state index in [4.69, 9.17) is 11.6 Å². The number of nitro benzene ring substituents is 1. The van der Waals surface area contributed by atoms with Gasteiger partial charge in [-0.25, -0.2) is 0 Å². The molecule has 0 unspecified atom stereocenters. The second-order valence-corrected chi connectivity index (χ2v) is 5.30. The molecule has 3 N–H and O–H groups in total. The van der Waals surface area contributed by atoms with Crippen molar-refractivity contribution in [1.82, 2.24) is 0 Å². The number of phenols is 1. The van der Waals surface area contributed by atoms with Crippen LogP contribution in [-0.4, -0.2) is 21.2 Å². The van der Waals surface area contributed by atoms with Crippen molar-refractivity contribution >= 4 is 23.0 Å². The van der Waals surface area contributed by atoms with Gasteiger partial charge in [-0.3, -0.25) is 10.1 Å². The van der Waals surface area contributed by atoms with E-state index in [9.17, 15) is 20.3 Å². The van der Waals surface area contributed by atoms with Gasteiger partial charge in [0.1, 0.15) is 5.75 Å². The van der Waals surface area contributed by atoms with Crippen molar-refractivity contribution in [3.63, 3.8) is 0 Å². The molecule has 6 nitrogen and oxygen atoms in total. The highest BCUT2D eigenvalue weighted by molar-refractivity contribution is 6.33. The number of aromatic hydroxyl groups is 1. The van der Waals surface area contributed by atoms with Crippen molar-refractivity contribution in [1.29, 1.82) is 0 Å². The van der Waals surface area contributed by atoms with Crippen LogP contribution in [0.4, 0.5) is 11.4 Å². The first kappa shape index (κ1) is 16.1. The Labute approximate surface area is 132 Å². The second-order valence-electron chi connectivity index (χ2n) is 4.89. The molecular weight excluding hydrogens is 308 g/mol. The van der Waals surface area contributed by atoms with Gasteiger partial charge < -0.3 is 15.5 Å². The van der Waals surface area contributed by atoms with Gasteiger partial charge in [-0.15, -0.1) is 0 Å². The summed E-state index contributed by atoms with van der Waals surface area (Å²) in [5, 5.41) is 33.4. The fourth-order valence-corrected chi connectivity index (χ4v) is 2.25. The smallest absolute Gasteiger partial charge is 0.271 e. The number of halogens is 1. The lowest BCUT2D eigenvalue weighted by Crippen LogP contribution is -2.24. The number of aliphatic hydroxyl groups excluding tert-OH is 1. The standard InChI is InChI=1S/C15H15ClN2O4/c1-9(15(20)10-2-5-12(19)6-3-10)17-14-7-4-11(18(21)22)8-13(14)16/h2-9,15,17,19-20H,1H3/t9-,15-/m0/s1. The molecule has 0 aliphatic heterocycles. The summed E-state index contributed by atoms with van der Waals surface area (Å²) in [5.74, 6) is 0.120. The van der Waals surface area contributed by atoms with Crippen molar-refractivity contribution in [2.24, 2.45) is 0 Å². The normalized spacial score (nSPS) is 13.4. The first-order chi connectivity index (χ1) is 10.4. The molecule has 2 atom stereocenters. The van der Waals surface area contributed by atoms with E-state index in [1.54, 1.807) is 19.1 Å². The molecule has 0 saturated heterocycles. The molecule has 0 radical (unpaired) electrons. The van der Waals surface area contributed by atoms with Gasteiger partial charge >= 0.3 is 0 Å². The molecule has 0 aliphatic carbocycles. The lowest BCUT2D eigenvalue weighted by Gasteiger charge is -2.22. The average molecular weight is 323 g/mol. The van der Waals surface area contributed by atoms with Crippen LogP contribution < -0.4 is 5.32 Å². The van der Waals surface area contributed by atoms with E-state index in [0.29, 0.717) is 11.3 Å². The molecule has 0 fully saturated rings. The first-order valence-electron chi connectivity index (χ1n) is 6.56. The first-order valence-corrected chi connectivity index (χ1v) is 6.93. The molecule has 0 aromatic heterocycles. The minimum Gasteiger partial charge on any atom is -0.508 e. The third-order valence-corrected chi connectivity index (χ3v) is 3.57. The number of non-ortho nitro benzene ring substituents is 1. The Bertz CT molecular complexity index is 676. The summed E-state index contributed by atoms with van der Waals surface area (Å²) in [4.78, 5) is 10.2. The van der Waals surface area contributed by atoms with Crippen molar-refractivity contribution < 1.29 is 15.1 Å². The lowest BCUT2D eigenvalue weighted by molar-refractivity contribution is -0.384. The molecule has 7 heteroatoms. The average Bonchev–Trinajstić information content (AvgIpc) is 2.49. The van der Waals surface area contributed by atoms with Crippen LogP contribution in [-0.2, 0) is 0 Å². The van der Waals surface area contributed by atoms with Crippen molar-refractivity contribution in [3.8, 4) is 5.75 Å². The topological polar surface area (TPSA) is 95.6 Å². The van der Waals surface area contributed by atoms with Gasteiger partial charge in [-0.2, -0.15) is 0 Å². The number of hydrogen-bond donors (Lipinski definition) is 3. The van der Waals surface area contributed by atoms with E-state index >= 15 is 0 Å². The highest BCUT2D eigenvalue weighted by Gasteiger charge is 2.18. The summed E-state index contributed by atoms with van der Waals surface area (Å²) in [6, 6.07) is 9.93. The zero-order chi connectivity index (χ0) is 16.3. The number of phenolic OH excluding ortho intramolecular Hbond substituents is 1. The molecule has 0 saturated carbocycles. The fraction of sp³-hybridized carbons (Fsp3) is 0.200. The summed E-state index contributed by atoms with van der Waals surface area (Å²) < 4.78 is 0. The molecule has 0 spiro atoms. The Morgan fingerprint density at radius 1 is 1.23 bits per heavy atom. The van der Waals surface area contributed by atoms with E-state index in [1.165, 1.54) is 30.3 Å². The van der Waals surface area contributed by atoms with Gasteiger partial charge in [-0.1, -0.05) is 23.7 Å². The fourth-order valence-electron chi connectivity index (χ4n) is 2.02. The number of rotatable bonds is 5. The van der Waals surface area contributed by atoms with Gasteiger partial charge in [-0.05, 0) is 30.7 Å². The van der Waals surface area contributed by atoms with Crippen LogP contribution in [0.1, 0.15) is 18.6 Å². The Balaban J connectivity index is 2.12. The maximum atomic E-state index is 10.7. The SMILES string of the molecule is C[C@H](Nc1ccc([N+](=O)[O-])cc1Cl)[C@H](O)c1ccc(O)cc1. The van der Waals surface area contributed by atoms with E-state index in [2.05, 4.69) is 5.32 Å². The Hall–Kier alpha value is -2.31. The molecule has 2 aromatic carbocycles. The molecule has 22 heavy (non-hydrogen) atoms. The zero-order valence-corrected chi connectivity index (χ0v) is 12.5. The van der Waals surface area contributed by atoms with Crippen LogP contribution in [0.2, 0.25) is 5.02 Å². The number of nitrogens with one attached hydrogen (secondary N) is 1. The number of nitro groups is 1. The van der Waals surface area contributed by atoms with Gasteiger partial charge in [0.2, 0.25) is 0 Å². The van der Waals surface area contributed by atoms with Crippen molar-refractivity contribution in [2.75, 3.05) is 5.32 Å². The van der Waals surface area contributed by atoms with Gasteiger partial charge in [0.25, 0.3) is 5.69 Å². The summed E-state index contributed by atoms with van der Waals surface area (Å²) in [7, 11) is 0. The number of aliphatic hydroxyl groups is 1. The van der Waals surface area contributed by atoms with Crippen LogP contribution in [0.25, 0.3) is 0 Å². The number of benzene rings is 2. The molecule has 0 amide bonds. The zero-order valence-electron chi connectivity index (χ0n) is 11.7. The number of hydrogen-bond acceptors (Lipinski definition) is 5. The summed E-state index contributed by atoms with van der Waals surface area (Å²) in [6.07, 6.45) is -0.827. The number of nitrogens with zero attached hydrogens (tertiary/aromatic N) is 1. The molecule has 2 rings (SSSR count). The monoisotopic (exact) mass is 322 g/mol. The second kappa shape index (κ2) is 6.64. The summed E-state index contributed by atoms with van der Waals surface area (Å²) >= 11 is 6.01. The maximum Gasteiger partial charge on any atom is 0.271 e. The summed E-state index contributed by atoms with van der Waals surface area (Å²) in [5.41, 5.74) is 1.04. The predicted octanol–water partition coefficient (Wildman–Crippen LogP) is 3.49. The highest BCUT2D eigenvalue weighted by atomic mass is 35.5. The van der Waals surface area contributed by atoms with Gasteiger partial charge in [0.05, 0.1) is 27.8 Å². The lowest BCUT2D eigenvalue weighted by atomic mass is 10.0. The van der Waals surface area contributed by atoms with Gasteiger partial charge in [0.15, 0.2) is 0 Å². The Morgan fingerprint density at radius 2 is 1.86 bits per heavy atom. The van der Waals surface area contributed by atoms with E-state index in [-0.39, 0.29) is 22.5 Å². The van der Waals surface area contributed by atoms with Crippen LogP contribution in [0.5, 0.6) is 5.75 Å². The molecule has 0 aliphatic rings. The van der Waals surface area contributed by atoms with E-state index in [0.717, 1.165) is 0 Å². The summed E-state index contributed by atoms with van der Waals surface area (Å²) in [6.45, 7) is 1.76. The largest absolute Gasteiger partial charge is 0.508 e. The van der Waals surface area contributed by atoms with Crippen molar-refractivity contribution in [2.45, 2.75) is 19.1 Å². The molecule has 0 bridgehead atoms. The van der Waals surface area contributed by atoms with Crippen LogP contribution in [0.3, 0.4) is 0 Å².